The van der Waals surface area contributed by atoms with Crippen LogP contribution in [-0.2, 0) is 26.0 Å². The van der Waals surface area contributed by atoms with Gasteiger partial charge in [0.1, 0.15) is 0 Å². The minimum atomic E-state index is -5.53. The van der Waals surface area contributed by atoms with Gasteiger partial charge in [0.15, 0.2) is 0 Å². The molecule has 0 bridgehead atoms. The molecule has 0 saturated carbocycles. The van der Waals surface area contributed by atoms with Crippen molar-refractivity contribution in [3.8, 4) is 32.3 Å². The van der Waals surface area contributed by atoms with Gasteiger partial charge in [-0.15, -0.1) is 0 Å². The Hall–Kier alpha value is -1.05. The molecule has 0 N–H and O–H groups in total. The molecule has 0 radical (unpaired) electrons. The Kier molecular flexibility index (Phi) is 17.9. The van der Waals surface area contributed by atoms with E-state index in [1.165, 1.54) is 38.5 Å². The molecule has 0 saturated heterocycles. The summed E-state index contributed by atoms with van der Waals surface area (Å²) in [5.41, 5.74) is 0. The van der Waals surface area contributed by atoms with Crippen molar-refractivity contribution in [2.45, 2.75) is 137 Å². The number of hydrogen-bond acceptors (Lipinski definition) is 3. The van der Waals surface area contributed by atoms with Gasteiger partial charge in [-0.25, -0.2) is 0 Å². The van der Waals surface area contributed by atoms with Crippen molar-refractivity contribution in [1.29, 1.82) is 0 Å². The standard InChI is InChI=1S/C8H14O.2C8H13.C3H7O.O.Ti/c1-2-3-4-5-6-7-8-9;2*1-3-5-7-8-6-4-2;1-3(2)4;;/h9H,2-6H2,1H3;2*3,5-8H2,1H3;3H,1-2H3;;/q;;;-1;;+2/p-1. The fourth-order valence-corrected chi connectivity index (χ4v) is 6.72. The zero-order chi connectivity index (χ0) is 23.3. The Morgan fingerprint density at radius 2 is 1.06 bits per heavy atom. The average molecular weight is 467 g/mol. The van der Waals surface area contributed by atoms with Gasteiger partial charge >= 0.3 is 195 Å². The van der Waals surface area contributed by atoms with Crippen molar-refractivity contribution < 1.29 is 26.0 Å². The molecule has 0 unspecified atom stereocenters. The third-order valence-corrected chi connectivity index (χ3v) is 8.87. The Labute approximate surface area is 195 Å². The molecule has 0 amide bonds. The first-order valence-electron chi connectivity index (χ1n) is 12.6. The predicted molar refractivity (Wildman–Crippen MR) is 128 cm³/mol. The van der Waals surface area contributed by atoms with Gasteiger partial charge in [-0.1, -0.05) is 0 Å². The van der Waals surface area contributed by atoms with E-state index in [-0.39, 0.29) is 6.10 Å². The summed E-state index contributed by atoms with van der Waals surface area (Å²) < 4.78 is 31.5. The molecule has 0 aliphatic carbocycles. The molecule has 3 nitrogen and oxygen atoms in total. The minimum absolute atomic E-state index is 0.301. The van der Waals surface area contributed by atoms with Gasteiger partial charge in [-0.05, 0) is 0 Å². The third-order valence-electron chi connectivity index (χ3n) is 4.83. The second-order valence-corrected chi connectivity index (χ2v) is 13.1. The molecule has 0 atom stereocenters. The summed E-state index contributed by atoms with van der Waals surface area (Å²) in [6.45, 7) is 10.2. The molecule has 0 spiro atoms. The Morgan fingerprint density at radius 3 is 1.45 bits per heavy atom. The number of rotatable bonds is 15. The zero-order valence-electron chi connectivity index (χ0n) is 20.9. The van der Waals surface area contributed by atoms with E-state index in [9.17, 15) is 3.32 Å². The van der Waals surface area contributed by atoms with Crippen molar-refractivity contribution in [3.63, 3.8) is 0 Å². The van der Waals surface area contributed by atoms with Crippen LogP contribution in [0, 0.1) is 32.3 Å². The Balaban J connectivity index is 5.46. The Bertz CT molecular complexity index is 670. The molecular formula is C27H46O3Ti. The van der Waals surface area contributed by atoms with Crippen LogP contribution >= 0.6 is 0 Å². The van der Waals surface area contributed by atoms with Gasteiger partial charge < -0.3 is 0 Å². The number of hydrogen-bond donors (Lipinski definition) is 0. The van der Waals surface area contributed by atoms with Gasteiger partial charge in [-0.2, -0.15) is 0 Å². The topological polar surface area (TPSA) is 35.5 Å². The fraction of sp³-hybridized carbons (Fsp3) is 0.778. The van der Waals surface area contributed by atoms with E-state index in [0.717, 1.165) is 44.9 Å². The second kappa shape index (κ2) is 18.5. The van der Waals surface area contributed by atoms with Gasteiger partial charge in [0, 0.05) is 0 Å². The van der Waals surface area contributed by atoms with Crippen LogP contribution in [-0.4, -0.2) is 6.10 Å². The summed E-state index contributed by atoms with van der Waals surface area (Å²) in [5, 5.41) is 0. The SMILES string of the molecule is CCCCCCC#C[O][Ti](=[O])([C]#CCCCCCC)([C]#CCCCCCC)[O]C(C)C. The normalized spacial score (nSPS) is 11.1. The summed E-state index contributed by atoms with van der Waals surface area (Å²) in [7, 11) is 0. The zero-order valence-corrected chi connectivity index (χ0v) is 22.5. The van der Waals surface area contributed by atoms with Crippen molar-refractivity contribution in [2.75, 3.05) is 0 Å². The molecule has 0 rings (SSSR count). The van der Waals surface area contributed by atoms with Gasteiger partial charge in [0.2, 0.25) is 0 Å². The molecule has 4 heteroatoms. The van der Waals surface area contributed by atoms with Crippen LogP contribution < -0.4 is 0 Å². The van der Waals surface area contributed by atoms with Crippen molar-refractivity contribution in [1.82, 2.24) is 0 Å². The molecular weight excluding hydrogens is 420 g/mol. The first-order valence-corrected chi connectivity index (χ1v) is 16.1. The van der Waals surface area contributed by atoms with Gasteiger partial charge in [0.05, 0.1) is 0 Å². The van der Waals surface area contributed by atoms with E-state index in [2.05, 4.69) is 53.1 Å². The summed E-state index contributed by atoms with van der Waals surface area (Å²) in [5.74, 6) is 9.12. The van der Waals surface area contributed by atoms with Crippen molar-refractivity contribution >= 4 is 0 Å². The summed E-state index contributed by atoms with van der Waals surface area (Å²) >= 11 is -5.53. The van der Waals surface area contributed by atoms with E-state index in [1.807, 2.05) is 13.8 Å². The first kappa shape index (κ1) is 30.0. The summed E-state index contributed by atoms with van der Waals surface area (Å²) in [6, 6.07) is 0. The Morgan fingerprint density at radius 1 is 0.645 bits per heavy atom. The van der Waals surface area contributed by atoms with Crippen LogP contribution in [0.5, 0.6) is 0 Å². The van der Waals surface area contributed by atoms with Gasteiger partial charge in [0.25, 0.3) is 0 Å². The molecule has 0 aliphatic heterocycles. The fourth-order valence-electron chi connectivity index (χ4n) is 3.12. The molecule has 0 aromatic rings. The van der Waals surface area contributed by atoms with Crippen molar-refractivity contribution in [3.05, 3.63) is 0 Å². The molecule has 176 valence electrons. The summed E-state index contributed by atoms with van der Waals surface area (Å²) in [4.78, 5) is 0. The maximum atomic E-state index is 14.1. The number of unbranched alkanes of at least 4 members (excludes halogenated alkanes) is 12. The van der Waals surface area contributed by atoms with Crippen LogP contribution in [0.3, 0.4) is 0 Å². The van der Waals surface area contributed by atoms with Crippen LogP contribution in [0.15, 0.2) is 0 Å². The summed E-state index contributed by atoms with van der Waals surface area (Å²) in [6.07, 6.45) is 17.9. The third kappa shape index (κ3) is 16.3. The molecule has 31 heavy (non-hydrogen) atoms. The van der Waals surface area contributed by atoms with Crippen LogP contribution in [0.1, 0.15) is 131 Å². The molecule has 0 aromatic heterocycles. The molecule has 0 heterocycles. The average Bonchev–Trinajstić information content (AvgIpc) is 2.72. The van der Waals surface area contributed by atoms with Crippen LogP contribution in [0.4, 0.5) is 0 Å². The van der Waals surface area contributed by atoms with Gasteiger partial charge in [-0.3, -0.25) is 0 Å². The first-order chi connectivity index (χ1) is 14.9. The van der Waals surface area contributed by atoms with Crippen molar-refractivity contribution in [2.24, 2.45) is 0 Å². The molecule has 0 aromatic carbocycles. The van der Waals surface area contributed by atoms with E-state index >= 15 is 0 Å². The van der Waals surface area contributed by atoms with E-state index in [4.69, 9.17) is 6.64 Å². The predicted octanol–water partition coefficient (Wildman–Crippen LogP) is 8.09. The van der Waals surface area contributed by atoms with E-state index in [0.29, 0.717) is 12.8 Å². The van der Waals surface area contributed by atoms with Crippen LogP contribution in [0.2, 0.25) is 0 Å². The second-order valence-electron chi connectivity index (χ2n) is 8.57. The molecule has 0 fully saturated rings. The maximum absolute atomic E-state index is 14.1. The van der Waals surface area contributed by atoms with E-state index in [1.54, 1.807) is 0 Å². The quantitative estimate of drug-likeness (QED) is 0.139. The van der Waals surface area contributed by atoms with Crippen LogP contribution in [0.25, 0.3) is 0 Å². The monoisotopic (exact) mass is 466 g/mol. The van der Waals surface area contributed by atoms with E-state index < -0.39 is 16.1 Å². The molecule has 0 aliphatic rings.